The molecule has 7 unspecified atom stereocenters. The predicted molar refractivity (Wildman–Crippen MR) is 164 cm³/mol. The third-order valence-corrected chi connectivity index (χ3v) is 13.7. The van der Waals surface area contributed by atoms with Crippen LogP contribution in [-0.2, 0) is 28.7 Å². The summed E-state index contributed by atoms with van der Waals surface area (Å²) in [5.74, 6) is -0.736. The zero-order chi connectivity index (χ0) is 32.3. The SMILES string of the molecule is [C-]#[N+]C1=CC2(C)C3=CC(=O)C4C5CC(C)(C)CCC5(C(=O)OCC5=C(C)CC(=O)O5)CCC4(C)C3(C)CCC2C(C)(C)C1=O. The molecule has 0 spiro atoms. The number of fused-ring (bicyclic) bond motifs is 7. The van der Waals surface area contributed by atoms with Crippen molar-refractivity contribution in [3.8, 4) is 0 Å². The summed E-state index contributed by atoms with van der Waals surface area (Å²) in [5, 5.41) is 0. The molecule has 0 aromatic rings. The second kappa shape index (κ2) is 9.50. The summed E-state index contributed by atoms with van der Waals surface area (Å²) in [6.07, 6.45) is 9.30. The molecule has 0 bridgehead atoms. The van der Waals surface area contributed by atoms with Crippen LogP contribution in [0.25, 0.3) is 4.85 Å². The largest absolute Gasteiger partial charge is 0.457 e. The zero-order valence-corrected chi connectivity index (χ0v) is 27.6. The number of rotatable bonds is 3. The molecule has 44 heavy (non-hydrogen) atoms. The van der Waals surface area contributed by atoms with Crippen LogP contribution in [0.15, 0.2) is 34.8 Å². The van der Waals surface area contributed by atoms with E-state index >= 15 is 0 Å². The molecule has 0 aromatic carbocycles. The van der Waals surface area contributed by atoms with Gasteiger partial charge in [0.1, 0.15) is 12.4 Å². The second-order valence-electron chi connectivity index (χ2n) is 16.8. The van der Waals surface area contributed by atoms with Crippen molar-refractivity contribution in [3.63, 3.8) is 0 Å². The summed E-state index contributed by atoms with van der Waals surface area (Å²) < 4.78 is 11.3. The van der Waals surface area contributed by atoms with Gasteiger partial charge in [-0.2, -0.15) is 0 Å². The van der Waals surface area contributed by atoms with Gasteiger partial charge in [-0.3, -0.25) is 14.4 Å². The van der Waals surface area contributed by atoms with Crippen molar-refractivity contribution >= 4 is 23.5 Å². The van der Waals surface area contributed by atoms with Crippen LogP contribution >= 0.6 is 0 Å². The molecule has 0 amide bonds. The van der Waals surface area contributed by atoms with Crippen LogP contribution in [0, 0.1) is 56.8 Å². The van der Waals surface area contributed by atoms with E-state index in [0.717, 1.165) is 36.8 Å². The molecule has 0 radical (unpaired) electrons. The second-order valence-corrected chi connectivity index (χ2v) is 16.8. The fourth-order valence-corrected chi connectivity index (χ4v) is 11.0. The third kappa shape index (κ3) is 3.97. The van der Waals surface area contributed by atoms with Crippen molar-refractivity contribution < 1.29 is 28.7 Å². The number of carbonyl (C=O) groups excluding carboxylic acids is 4. The highest BCUT2D eigenvalue weighted by Crippen LogP contribution is 2.74. The lowest BCUT2D eigenvalue weighted by atomic mass is 9.34. The van der Waals surface area contributed by atoms with Gasteiger partial charge in [0.25, 0.3) is 0 Å². The number of ether oxygens (including phenoxy) is 2. The first-order valence-electron chi connectivity index (χ1n) is 16.3. The molecular formula is C37H47NO6. The van der Waals surface area contributed by atoms with E-state index in [0.29, 0.717) is 25.0 Å². The zero-order valence-electron chi connectivity index (χ0n) is 27.6. The summed E-state index contributed by atoms with van der Waals surface area (Å²) >= 11 is 0. The van der Waals surface area contributed by atoms with Crippen LogP contribution in [-0.4, -0.2) is 30.1 Å². The molecule has 7 heteroatoms. The quantitative estimate of drug-likeness (QED) is 0.249. The molecule has 5 aliphatic carbocycles. The van der Waals surface area contributed by atoms with Crippen molar-refractivity contribution in [3.05, 3.63) is 46.2 Å². The number of nitrogens with zero attached hydrogens (tertiary/aromatic N) is 1. The highest BCUT2D eigenvalue weighted by molar-refractivity contribution is 6.03. The lowest BCUT2D eigenvalue weighted by molar-refractivity contribution is -0.193. The first-order chi connectivity index (χ1) is 20.4. The third-order valence-electron chi connectivity index (χ3n) is 13.7. The number of hydrogen-bond donors (Lipinski definition) is 0. The molecule has 3 fully saturated rings. The van der Waals surface area contributed by atoms with E-state index < -0.39 is 21.7 Å². The normalized spacial score (nSPS) is 42.1. The number of esters is 2. The molecule has 0 saturated heterocycles. The van der Waals surface area contributed by atoms with Crippen molar-refractivity contribution in [2.75, 3.05) is 6.61 Å². The summed E-state index contributed by atoms with van der Waals surface area (Å²) in [5.41, 5.74) is -0.800. The number of cyclic esters (lactones) is 1. The van der Waals surface area contributed by atoms with E-state index in [1.54, 1.807) is 0 Å². The van der Waals surface area contributed by atoms with Crippen LogP contribution in [0.5, 0.6) is 0 Å². The molecule has 1 heterocycles. The smallest absolute Gasteiger partial charge is 0.315 e. The van der Waals surface area contributed by atoms with E-state index in [1.165, 1.54) is 0 Å². The fourth-order valence-electron chi connectivity index (χ4n) is 11.0. The van der Waals surface area contributed by atoms with Gasteiger partial charge in [0.2, 0.25) is 5.70 Å². The Bertz CT molecular complexity index is 1520. The minimum Gasteiger partial charge on any atom is -0.457 e. The Morgan fingerprint density at radius 1 is 1.02 bits per heavy atom. The average molecular weight is 602 g/mol. The van der Waals surface area contributed by atoms with Crippen LogP contribution in [0.4, 0.5) is 0 Å². The van der Waals surface area contributed by atoms with E-state index in [1.807, 2.05) is 32.9 Å². The van der Waals surface area contributed by atoms with E-state index in [4.69, 9.17) is 16.0 Å². The van der Waals surface area contributed by atoms with Crippen molar-refractivity contribution in [1.82, 2.24) is 0 Å². The van der Waals surface area contributed by atoms with Crippen molar-refractivity contribution in [1.29, 1.82) is 0 Å². The lowest BCUT2D eigenvalue weighted by Crippen LogP contribution is -2.66. The Morgan fingerprint density at radius 3 is 2.34 bits per heavy atom. The Kier molecular flexibility index (Phi) is 6.69. The van der Waals surface area contributed by atoms with E-state index in [-0.39, 0.29) is 70.8 Å². The molecule has 3 saturated carbocycles. The van der Waals surface area contributed by atoms with Gasteiger partial charge in [0, 0.05) is 16.7 Å². The molecular weight excluding hydrogens is 554 g/mol. The summed E-state index contributed by atoms with van der Waals surface area (Å²) in [7, 11) is 0. The van der Waals surface area contributed by atoms with Crippen LogP contribution < -0.4 is 0 Å². The number of Topliss-reactive ketones (excluding diaryl/α,β-unsaturated/α-hetero) is 1. The Balaban J connectivity index is 1.43. The molecule has 7 atom stereocenters. The van der Waals surface area contributed by atoms with Gasteiger partial charge in [0.15, 0.2) is 11.6 Å². The monoisotopic (exact) mass is 601 g/mol. The maximum absolute atomic E-state index is 14.7. The van der Waals surface area contributed by atoms with Gasteiger partial charge in [-0.25, -0.2) is 4.85 Å². The lowest BCUT2D eigenvalue weighted by Gasteiger charge is -2.68. The molecule has 0 N–H and O–H groups in total. The van der Waals surface area contributed by atoms with Crippen LogP contribution in [0.3, 0.4) is 0 Å². The van der Waals surface area contributed by atoms with Gasteiger partial charge >= 0.3 is 11.9 Å². The molecule has 1 aliphatic heterocycles. The first kappa shape index (κ1) is 31.0. The number of ketones is 2. The Hall–Kier alpha value is -3.01. The standard InChI is InChI=1S/C37H47NO6/c1-21-16-28(40)44-25(21)20-43-31(42)37-14-12-32(2,3)18-22(37)29-24(39)17-27-34(6)19-23(38-9)30(41)33(4,5)26(34)10-11-35(27,7)36(29,8)13-15-37/h17,19,22,26,29H,10-16,18,20H2,1-8H3. The van der Waals surface area contributed by atoms with Gasteiger partial charge in [0.05, 0.1) is 18.4 Å². The minimum atomic E-state index is -0.772. The molecule has 0 aromatic heterocycles. The number of carbonyl (C=O) groups is 4. The number of hydrogen-bond acceptors (Lipinski definition) is 6. The number of allylic oxidation sites excluding steroid dienone is 4. The average Bonchev–Trinajstić information content (AvgIpc) is 3.26. The summed E-state index contributed by atoms with van der Waals surface area (Å²) in [6.45, 7) is 24.7. The maximum atomic E-state index is 14.7. The molecule has 7 nitrogen and oxygen atoms in total. The highest BCUT2D eigenvalue weighted by atomic mass is 16.6. The van der Waals surface area contributed by atoms with Gasteiger partial charge < -0.3 is 14.3 Å². The Morgan fingerprint density at radius 2 is 1.70 bits per heavy atom. The van der Waals surface area contributed by atoms with Crippen LogP contribution in [0.1, 0.15) is 107 Å². The first-order valence-corrected chi connectivity index (χ1v) is 16.3. The summed E-state index contributed by atoms with van der Waals surface area (Å²) in [4.78, 5) is 57.6. The molecule has 236 valence electrons. The van der Waals surface area contributed by atoms with Crippen molar-refractivity contribution in [2.24, 2.45) is 50.2 Å². The van der Waals surface area contributed by atoms with Gasteiger partial charge in [-0.15, -0.1) is 0 Å². The minimum absolute atomic E-state index is 0.00556. The fraction of sp³-hybridized carbons (Fsp3) is 0.703. The predicted octanol–water partition coefficient (Wildman–Crippen LogP) is 7.32. The topological polar surface area (TPSA) is 91.1 Å². The summed E-state index contributed by atoms with van der Waals surface area (Å²) in [6, 6.07) is 0. The van der Waals surface area contributed by atoms with Crippen molar-refractivity contribution in [2.45, 2.75) is 107 Å². The van der Waals surface area contributed by atoms with Gasteiger partial charge in [-0.05, 0) is 91.6 Å². The molecule has 6 aliphatic rings. The van der Waals surface area contributed by atoms with Gasteiger partial charge in [-0.1, -0.05) is 60.1 Å². The maximum Gasteiger partial charge on any atom is 0.315 e. The van der Waals surface area contributed by atoms with E-state index in [2.05, 4.69) is 39.5 Å². The van der Waals surface area contributed by atoms with Crippen LogP contribution in [0.2, 0.25) is 0 Å². The Labute approximate surface area is 261 Å². The molecule has 6 rings (SSSR count). The van der Waals surface area contributed by atoms with E-state index in [9.17, 15) is 19.2 Å². The highest BCUT2D eigenvalue weighted by Gasteiger charge is 2.71.